The van der Waals surface area contributed by atoms with Crippen LogP contribution in [0.1, 0.15) is 16.1 Å². The summed E-state index contributed by atoms with van der Waals surface area (Å²) < 4.78 is 75.8. The van der Waals surface area contributed by atoms with Gasteiger partial charge in [-0.1, -0.05) is 0 Å². The van der Waals surface area contributed by atoms with E-state index in [0.29, 0.717) is 0 Å². The molecule has 0 radical (unpaired) electrons. The molecule has 0 fully saturated rings. The van der Waals surface area contributed by atoms with Gasteiger partial charge in [0.2, 0.25) is 0 Å². The molecule has 18 heavy (non-hydrogen) atoms. The fraction of sp³-hybridized carbons (Fsp3) is 0.250. The number of hydrogen-bond acceptors (Lipinski definition) is 3. The monoisotopic (exact) mass is 385 g/mol. The first-order chi connectivity index (χ1) is 8.06. The minimum atomic E-state index is -5.08. The van der Waals surface area contributed by atoms with Gasteiger partial charge in [0.15, 0.2) is 17.7 Å². The summed E-state index contributed by atoms with van der Waals surface area (Å²) in [5.74, 6) is -0.960. The van der Waals surface area contributed by atoms with Crippen LogP contribution in [-0.2, 0) is 6.18 Å². The Morgan fingerprint density at radius 3 is 2.17 bits per heavy atom. The van der Waals surface area contributed by atoms with Gasteiger partial charge in [-0.25, -0.2) is 4.98 Å². The van der Waals surface area contributed by atoms with E-state index in [1.54, 1.807) is 0 Å². The van der Waals surface area contributed by atoms with Crippen molar-refractivity contribution in [3.8, 4) is 5.75 Å². The van der Waals surface area contributed by atoms with Crippen LogP contribution in [0.4, 0.5) is 26.3 Å². The van der Waals surface area contributed by atoms with Gasteiger partial charge < -0.3 is 4.74 Å². The maximum atomic E-state index is 12.4. The van der Waals surface area contributed by atoms with E-state index in [0.717, 1.165) is 22.6 Å². The Balaban J connectivity index is 3.34. The second kappa shape index (κ2) is 4.90. The molecule has 0 N–H and O–H groups in total. The van der Waals surface area contributed by atoms with E-state index in [1.807, 2.05) is 0 Å². The lowest BCUT2D eigenvalue weighted by atomic mass is 10.2. The van der Waals surface area contributed by atoms with Crippen LogP contribution in [0.15, 0.2) is 6.20 Å². The molecule has 0 atom stereocenters. The largest absolute Gasteiger partial charge is 0.573 e. The van der Waals surface area contributed by atoms with Gasteiger partial charge >= 0.3 is 12.5 Å². The normalized spacial score (nSPS) is 12.4. The van der Waals surface area contributed by atoms with Gasteiger partial charge in [-0.2, -0.15) is 13.2 Å². The summed E-state index contributed by atoms with van der Waals surface area (Å²) in [5.41, 5.74) is -2.55. The Bertz CT molecular complexity index is 470. The standard InChI is InChI=1S/C8H2F6INO2/c9-7(10,11)6-3(2-17)5(15)4(1-16-6)18-8(12,13)14/h1-2H. The van der Waals surface area contributed by atoms with E-state index in [1.165, 1.54) is 0 Å². The van der Waals surface area contributed by atoms with Gasteiger partial charge in [0, 0.05) is 0 Å². The summed E-state index contributed by atoms with van der Waals surface area (Å²) in [4.78, 5) is 13.3. The Morgan fingerprint density at radius 2 is 1.78 bits per heavy atom. The summed E-state index contributed by atoms with van der Waals surface area (Å²) in [6, 6.07) is 0. The predicted octanol–water partition coefficient (Wildman–Crippen LogP) is 3.42. The van der Waals surface area contributed by atoms with E-state index in [9.17, 15) is 31.1 Å². The number of hydrogen-bond donors (Lipinski definition) is 0. The highest BCUT2D eigenvalue weighted by Gasteiger charge is 2.38. The zero-order chi connectivity index (χ0) is 14.1. The maximum Gasteiger partial charge on any atom is 0.573 e. The average Bonchev–Trinajstić information content (AvgIpc) is 2.17. The molecule has 0 bridgehead atoms. The number of nitrogens with zero attached hydrogens (tertiary/aromatic N) is 1. The van der Waals surface area contributed by atoms with Crippen molar-refractivity contribution in [2.45, 2.75) is 12.5 Å². The molecule has 1 aromatic rings. The van der Waals surface area contributed by atoms with Crippen LogP contribution < -0.4 is 4.74 Å². The van der Waals surface area contributed by atoms with Crippen molar-refractivity contribution in [2.24, 2.45) is 0 Å². The molecule has 0 spiro atoms. The van der Waals surface area contributed by atoms with Crippen molar-refractivity contribution in [1.82, 2.24) is 4.98 Å². The lowest BCUT2D eigenvalue weighted by Crippen LogP contribution is -2.20. The molecule has 0 aliphatic heterocycles. The fourth-order valence-electron chi connectivity index (χ4n) is 1.02. The number of aldehydes is 1. The molecule has 1 heterocycles. The van der Waals surface area contributed by atoms with E-state index in [4.69, 9.17) is 0 Å². The highest BCUT2D eigenvalue weighted by Crippen LogP contribution is 2.36. The quantitative estimate of drug-likeness (QED) is 0.445. The maximum absolute atomic E-state index is 12.4. The van der Waals surface area contributed by atoms with Gasteiger partial charge in [-0.3, -0.25) is 4.79 Å². The number of aromatic nitrogens is 1. The van der Waals surface area contributed by atoms with Gasteiger partial charge in [0.05, 0.1) is 15.3 Å². The van der Waals surface area contributed by atoms with Crippen LogP contribution in [0.5, 0.6) is 5.75 Å². The highest BCUT2D eigenvalue weighted by atomic mass is 127. The zero-order valence-electron chi connectivity index (χ0n) is 8.06. The number of ether oxygens (including phenoxy) is 1. The van der Waals surface area contributed by atoms with Crippen LogP contribution in [0.3, 0.4) is 0 Å². The molecule has 0 aliphatic carbocycles. The minimum absolute atomic E-state index is 0.221. The molecule has 100 valence electrons. The molecule has 0 aliphatic rings. The number of alkyl halides is 6. The van der Waals surface area contributed by atoms with Crippen molar-refractivity contribution in [3.63, 3.8) is 0 Å². The van der Waals surface area contributed by atoms with Crippen LogP contribution in [-0.4, -0.2) is 17.6 Å². The van der Waals surface area contributed by atoms with Crippen LogP contribution >= 0.6 is 22.6 Å². The number of rotatable bonds is 2. The molecule has 10 heteroatoms. The molecule has 3 nitrogen and oxygen atoms in total. The van der Waals surface area contributed by atoms with Crippen molar-refractivity contribution >= 4 is 28.9 Å². The van der Waals surface area contributed by atoms with E-state index >= 15 is 0 Å². The molecule has 0 aromatic carbocycles. The Hall–Kier alpha value is -1.07. The molecule has 0 saturated heterocycles. The first-order valence-electron chi connectivity index (χ1n) is 4.03. The summed E-state index contributed by atoms with van der Waals surface area (Å²) in [6.45, 7) is 0. The SMILES string of the molecule is O=Cc1c(C(F)(F)F)ncc(OC(F)(F)F)c1I. The first-order valence-corrected chi connectivity index (χ1v) is 5.10. The smallest absolute Gasteiger partial charge is 0.403 e. The Morgan fingerprint density at radius 1 is 1.22 bits per heavy atom. The van der Waals surface area contributed by atoms with Gasteiger partial charge in [-0.15, -0.1) is 13.2 Å². The average molecular weight is 385 g/mol. The summed E-state index contributed by atoms with van der Waals surface area (Å²) in [5, 5.41) is 0. The molecule has 0 amide bonds. The summed E-state index contributed by atoms with van der Waals surface area (Å²) in [7, 11) is 0. The Labute approximate surface area is 109 Å². The number of carbonyl (C=O) groups excluding carboxylic acids is 1. The number of pyridine rings is 1. The van der Waals surface area contributed by atoms with Crippen LogP contribution in [0.25, 0.3) is 0 Å². The van der Waals surface area contributed by atoms with Crippen molar-refractivity contribution < 1.29 is 35.9 Å². The molecule has 1 aromatic heterocycles. The number of halogens is 7. The summed E-state index contributed by atoms with van der Waals surface area (Å²) in [6.07, 6.45) is -9.97. The van der Waals surface area contributed by atoms with Crippen molar-refractivity contribution in [1.29, 1.82) is 0 Å². The van der Waals surface area contributed by atoms with Crippen molar-refractivity contribution in [2.75, 3.05) is 0 Å². The van der Waals surface area contributed by atoms with Gasteiger partial charge in [-0.05, 0) is 22.6 Å². The molecule has 0 saturated carbocycles. The van der Waals surface area contributed by atoms with Gasteiger partial charge in [0.25, 0.3) is 0 Å². The topological polar surface area (TPSA) is 39.2 Å². The minimum Gasteiger partial charge on any atom is -0.403 e. The second-order valence-corrected chi connectivity index (χ2v) is 3.94. The third-order valence-electron chi connectivity index (χ3n) is 1.63. The third-order valence-corrected chi connectivity index (χ3v) is 2.74. The van der Waals surface area contributed by atoms with Crippen LogP contribution in [0, 0.1) is 3.57 Å². The van der Waals surface area contributed by atoms with Crippen molar-refractivity contribution in [3.05, 3.63) is 21.0 Å². The Kier molecular flexibility index (Phi) is 4.08. The predicted molar refractivity (Wildman–Crippen MR) is 54.0 cm³/mol. The molecular formula is C8H2F6INO2. The van der Waals surface area contributed by atoms with E-state index in [-0.39, 0.29) is 12.5 Å². The molecule has 0 unspecified atom stereocenters. The highest BCUT2D eigenvalue weighted by molar-refractivity contribution is 14.1. The van der Waals surface area contributed by atoms with Gasteiger partial charge in [0.1, 0.15) is 0 Å². The third kappa shape index (κ3) is 3.46. The zero-order valence-corrected chi connectivity index (χ0v) is 10.2. The fourth-order valence-corrected chi connectivity index (χ4v) is 1.65. The van der Waals surface area contributed by atoms with E-state index in [2.05, 4.69) is 9.72 Å². The molecular weight excluding hydrogens is 383 g/mol. The number of carbonyl (C=O) groups is 1. The van der Waals surface area contributed by atoms with E-state index < -0.39 is 33.1 Å². The second-order valence-electron chi connectivity index (χ2n) is 2.86. The lowest BCUT2D eigenvalue weighted by molar-refractivity contribution is -0.275. The summed E-state index contributed by atoms with van der Waals surface area (Å²) >= 11 is 1.15. The first kappa shape index (κ1) is 15.0. The molecule has 1 rings (SSSR count). The van der Waals surface area contributed by atoms with Crippen LogP contribution in [0.2, 0.25) is 0 Å². The lowest BCUT2D eigenvalue weighted by Gasteiger charge is -2.14.